The average molecular weight is 367 g/mol. The van der Waals surface area contributed by atoms with E-state index < -0.39 is 0 Å². The molecule has 0 saturated carbocycles. The van der Waals surface area contributed by atoms with Crippen molar-refractivity contribution in [1.82, 2.24) is 10.2 Å². The van der Waals surface area contributed by atoms with Gasteiger partial charge in [0.2, 0.25) is 5.91 Å². The van der Waals surface area contributed by atoms with Gasteiger partial charge >= 0.3 is 0 Å². The molecule has 0 atom stereocenters. The average Bonchev–Trinajstić information content (AvgIpc) is 2.60. The molecule has 0 aliphatic carbocycles. The van der Waals surface area contributed by atoms with Crippen LogP contribution in [0.2, 0.25) is 0 Å². The molecule has 1 amide bonds. The molecule has 0 bridgehead atoms. The molecule has 1 aromatic carbocycles. The largest absolute Gasteiger partial charge is 0.340 e. The van der Waals surface area contributed by atoms with Crippen molar-refractivity contribution in [2.45, 2.75) is 58.9 Å². The summed E-state index contributed by atoms with van der Waals surface area (Å²) in [5, 5.41) is 3.34. The standard InChI is InChI=1S/C20H30N2O2.ClH/c1-4-13-22(17-9-11-21-12-10-17)20(24)8-7-19(23)18-14-15(2)5-6-16(18)3;/h5-6,14,17,21H,4,7-13H2,1-3H3;1H. The van der Waals surface area contributed by atoms with E-state index in [1.807, 2.05) is 36.9 Å². The Morgan fingerprint density at radius 2 is 1.84 bits per heavy atom. The lowest BCUT2D eigenvalue weighted by molar-refractivity contribution is -0.134. The third-order valence-electron chi connectivity index (χ3n) is 4.79. The summed E-state index contributed by atoms with van der Waals surface area (Å²) in [7, 11) is 0. The molecule has 1 heterocycles. The van der Waals surface area contributed by atoms with Gasteiger partial charge in [0.15, 0.2) is 5.78 Å². The van der Waals surface area contributed by atoms with Gasteiger partial charge < -0.3 is 10.2 Å². The third-order valence-corrected chi connectivity index (χ3v) is 4.79. The van der Waals surface area contributed by atoms with Crippen LogP contribution in [0.5, 0.6) is 0 Å². The van der Waals surface area contributed by atoms with E-state index in [0.29, 0.717) is 18.9 Å². The topological polar surface area (TPSA) is 49.4 Å². The maximum atomic E-state index is 12.7. The minimum atomic E-state index is 0. The number of carbonyl (C=O) groups is 2. The molecule has 0 radical (unpaired) electrons. The summed E-state index contributed by atoms with van der Waals surface area (Å²) in [6.07, 6.45) is 3.60. The first kappa shape index (κ1) is 21.7. The summed E-state index contributed by atoms with van der Waals surface area (Å²) in [5.41, 5.74) is 2.83. The smallest absolute Gasteiger partial charge is 0.223 e. The Kier molecular flexibility index (Phi) is 9.15. The molecular weight excluding hydrogens is 336 g/mol. The van der Waals surface area contributed by atoms with Gasteiger partial charge in [-0.25, -0.2) is 0 Å². The molecule has 1 aliphatic heterocycles. The van der Waals surface area contributed by atoms with E-state index >= 15 is 0 Å². The van der Waals surface area contributed by atoms with Crippen molar-refractivity contribution in [2.75, 3.05) is 19.6 Å². The molecule has 1 saturated heterocycles. The van der Waals surface area contributed by atoms with Crippen molar-refractivity contribution < 1.29 is 9.59 Å². The summed E-state index contributed by atoms with van der Waals surface area (Å²) < 4.78 is 0. The number of ketones is 1. The maximum absolute atomic E-state index is 12.7. The Morgan fingerprint density at radius 1 is 1.16 bits per heavy atom. The number of hydrogen-bond acceptors (Lipinski definition) is 3. The molecule has 25 heavy (non-hydrogen) atoms. The van der Waals surface area contributed by atoms with Crippen LogP contribution in [0, 0.1) is 13.8 Å². The first-order chi connectivity index (χ1) is 11.5. The van der Waals surface area contributed by atoms with E-state index in [0.717, 1.165) is 55.6 Å². The SMILES string of the molecule is CCCN(C(=O)CCC(=O)c1cc(C)ccc1C)C1CCNCC1.Cl. The molecule has 5 heteroatoms. The van der Waals surface area contributed by atoms with E-state index in [1.165, 1.54) is 0 Å². The number of nitrogens with one attached hydrogen (secondary N) is 1. The van der Waals surface area contributed by atoms with E-state index in [1.54, 1.807) is 0 Å². The second-order valence-electron chi connectivity index (χ2n) is 6.81. The Morgan fingerprint density at radius 3 is 2.48 bits per heavy atom. The zero-order valence-corrected chi connectivity index (χ0v) is 16.5. The number of nitrogens with zero attached hydrogens (tertiary/aromatic N) is 1. The molecule has 0 spiro atoms. The number of hydrogen-bond donors (Lipinski definition) is 1. The van der Waals surface area contributed by atoms with Crippen LogP contribution in [0.25, 0.3) is 0 Å². The molecule has 140 valence electrons. The van der Waals surface area contributed by atoms with Gasteiger partial charge in [0.05, 0.1) is 0 Å². The lowest BCUT2D eigenvalue weighted by atomic mass is 9.98. The van der Waals surface area contributed by atoms with Crippen LogP contribution >= 0.6 is 12.4 Å². The quantitative estimate of drug-likeness (QED) is 0.749. The van der Waals surface area contributed by atoms with Gasteiger partial charge in [0.1, 0.15) is 0 Å². The normalized spacial score (nSPS) is 14.7. The zero-order valence-electron chi connectivity index (χ0n) is 15.6. The minimum Gasteiger partial charge on any atom is -0.340 e. The van der Waals surface area contributed by atoms with Crippen LogP contribution in [-0.2, 0) is 4.79 Å². The second-order valence-corrected chi connectivity index (χ2v) is 6.81. The van der Waals surface area contributed by atoms with Crippen molar-refractivity contribution in [3.05, 3.63) is 34.9 Å². The Balaban J connectivity index is 0.00000312. The van der Waals surface area contributed by atoms with Crippen LogP contribution in [0.15, 0.2) is 18.2 Å². The van der Waals surface area contributed by atoms with Gasteiger partial charge in [-0.3, -0.25) is 9.59 Å². The maximum Gasteiger partial charge on any atom is 0.223 e. The van der Waals surface area contributed by atoms with E-state index in [2.05, 4.69) is 12.2 Å². The number of amides is 1. The number of piperidine rings is 1. The van der Waals surface area contributed by atoms with Crippen LogP contribution in [0.1, 0.15) is 60.5 Å². The number of Topliss-reactive ketones (excluding diaryl/α,β-unsaturated/α-hetero) is 1. The molecule has 2 rings (SSSR count). The van der Waals surface area contributed by atoms with Gasteiger partial charge in [-0.05, 0) is 57.8 Å². The van der Waals surface area contributed by atoms with E-state index in [4.69, 9.17) is 0 Å². The molecule has 1 N–H and O–H groups in total. The molecule has 1 fully saturated rings. The van der Waals surface area contributed by atoms with Crippen molar-refractivity contribution in [1.29, 1.82) is 0 Å². The number of carbonyl (C=O) groups excluding carboxylic acids is 2. The molecule has 4 nitrogen and oxygen atoms in total. The highest BCUT2D eigenvalue weighted by Gasteiger charge is 2.25. The van der Waals surface area contributed by atoms with Gasteiger partial charge in [0.25, 0.3) is 0 Å². The van der Waals surface area contributed by atoms with Crippen molar-refractivity contribution in [3.63, 3.8) is 0 Å². The molecule has 0 aromatic heterocycles. The molecule has 0 unspecified atom stereocenters. The summed E-state index contributed by atoms with van der Waals surface area (Å²) in [5.74, 6) is 0.203. The predicted octanol–water partition coefficient (Wildman–Crippen LogP) is 3.68. The Labute approximate surface area is 157 Å². The Bertz CT molecular complexity index is 583. The van der Waals surface area contributed by atoms with Crippen LogP contribution in [0.3, 0.4) is 0 Å². The molecule has 1 aliphatic rings. The van der Waals surface area contributed by atoms with Crippen LogP contribution < -0.4 is 5.32 Å². The van der Waals surface area contributed by atoms with Crippen LogP contribution in [-0.4, -0.2) is 42.3 Å². The molecule has 1 aromatic rings. The first-order valence-electron chi connectivity index (χ1n) is 9.13. The number of aryl methyl sites for hydroxylation is 2. The summed E-state index contributed by atoms with van der Waals surface area (Å²) in [6.45, 7) is 8.78. The fraction of sp³-hybridized carbons (Fsp3) is 0.600. The van der Waals surface area contributed by atoms with Crippen molar-refractivity contribution >= 4 is 24.1 Å². The highest BCUT2D eigenvalue weighted by Crippen LogP contribution is 2.17. The van der Waals surface area contributed by atoms with Gasteiger partial charge in [-0.2, -0.15) is 0 Å². The van der Waals surface area contributed by atoms with Crippen LogP contribution in [0.4, 0.5) is 0 Å². The highest BCUT2D eigenvalue weighted by atomic mass is 35.5. The Hall–Kier alpha value is -1.39. The van der Waals surface area contributed by atoms with Crippen molar-refractivity contribution in [3.8, 4) is 0 Å². The number of halogens is 1. The molecular formula is C20H31ClN2O2. The van der Waals surface area contributed by atoms with Gasteiger partial charge in [-0.1, -0.05) is 24.6 Å². The monoisotopic (exact) mass is 366 g/mol. The van der Waals surface area contributed by atoms with E-state index in [9.17, 15) is 9.59 Å². The second kappa shape index (κ2) is 10.6. The fourth-order valence-corrected chi connectivity index (χ4v) is 3.41. The van der Waals surface area contributed by atoms with E-state index in [-0.39, 0.29) is 24.1 Å². The third kappa shape index (κ3) is 6.12. The van der Waals surface area contributed by atoms with Gasteiger partial charge in [0, 0.05) is 31.0 Å². The predicted molar refractivity (Wildman–Crippen MR) is 105 cm³/mol. The summed E-state index contributed by atoms with van der Waals surface area (Å²) >= 11 is 0. The highest BCUT2D eigenvalue weighted by molar-refractivity contribution is 5.99. The number of rotatable bonds is 7. The summed E-state index contributed by atoms with van der Waals surface area (Å²) in [6, 6.07) is 6.24. The fourth-order valence-electron chi connectivity index (χ4n) is 3.41. The van der Waals surface area contributed by atoms with Crippen molar-refractivity contribution in [2.24, 2.45) is 0 Å². The lowest BCUT2D eigenvalue weighted by Crippen LogP contribution is -2.46. The summed E-state index contributed by atoms with van der Waals surface area (Å²) in [4.78, 5) is 27.2. The first-order valence-corrected chi connectivity index (χ1v) is 9.13. The minimum absolute atomic E-state index is 0. The lowest BCUT2D eigenvalue weighted by Gasteiger charge is -2.34. The zero-order chi connectivity index (χ0) is 17.5. The number of benzene rings is 1. The van der Waals surface area contributed by atoms with Gasteiger partial charge in [-0.15, -0.1) is 12.4 Å².